The van der Waals surface area contributed by atoms with Gasteiger partial charge in [-0.15, -0.1) is 0 Å². The third-order valence-electron chi connectivity index (χ3n) is 4.30. The minimum atomic E-state index is -0.302. The van der Waals surface area contributed by atoms with Crippen LogP contribution in [0.3, 0.4) is 0 Å². The quantitative estimate of drug-likeness (QED) is 0.828. The minimum Gasteiger partial charge on any atom is -0.394 e. The molecular weight excluding hydrogens is 322 g/mol. The number of hydrogen-bond donors (Lipinski definition) is 2. The van der Waals surface area contributed by atoms with E-state index in [2.05, 4.69) is 10.5 Å². The molecule has 0 saturated carbocycles. The van der Waals surface area contributed by atoms with Crippen molar-refractivity contribution in [3.8, 4) is 11.3 Å². The Morgan fingerprint density at radius 2 is 2.04 bits per heavy atom. The predicted molar refractivity (Wildman–Crippen MR) is 93.6 cm³/mol. The molecule has 2 aromatic rings. The molecule has 134 valence electrons. The van der Waals surface area contributed by atoms with Gasteiger partial charge in [0.1, 0.15) is 5.56 Å². The molecule has 0 aliphatic carbocycles. The van der Waals surface area contributed by atoms with Crippen LogP contribution in [0.5, 0.6) is 0 Å². The maximum absolute atomic E-state index is 12.9. The number of hydrogen-bond acceptors (Lipinski definition) is 6. The maximum Gasteiger partial charge on any atom is 0.259 e. The number of carbonyl (C=O) groups excluding carboxylic acids is 1. The second-order valence-corrected chi connectivity index (χ2v) is 5.94. The van der Waals surface area contributed by atoms with Crippen molar-refractivity contribution >= 4 is 11.7 Å². The topological polar surface area (TPSA) is 87.8 Å². The lowest BCUT2D eigenvalue weighted by atomic mass is 10.1. The molecule has 0 spiro atoms. The minimum absolute atomic E-state index is 0.110. The Kier molecular flexibility index (Phi) is 5.67. The van der Waals surface area contributed by atoms with E-state index in [9.17, 15) is 9.90 Å². The average Bonchev–Trinajstić information content (AvgIpc) is 3.12. The van der Waals surface area contributed by atoms with Crippen molar-refractivity contribution in [1.82, 2.24) is 10.5 Å². The molecule has 1 aromatic carbocycles. The molecule has 7 heteroatoms. The van der Waals surface area contributed by atoms with Crippen LogP contribution in [0, 0.1) is 0 Å². The lowest BCUT2D eigenvalue weighted by Crippen LogP contribution is -2.40. The number of ether oxygens (including phenoxy) is 1. The van der Waals surface area contributed by atoms with Crippen LogP contribution in [0.15, 0.2) is 34.9 Å². The number of nitrogens with zero attached hydrogens (tertiary/aromatic N) is 2. The van der Waals surface area contributed by atoms with E-state index in [1.54, 1.807) is 0 Å². The Hall–Kier alpha value is -2.38. The first kappa shape index (κ1) is 17.4. The molecule has 1 aliphatic rings. The van der Waals surface area contributed by atoms with Crippen molar-refractivity contribution in [2.75, 3.05) is 37.8 Å². The normalized spacial score (nSPS) is 15.8. The molecule has 1 aromatic heterocycles. The zero-order chi connectivity index (χ0) is 17.6. The molecular formula is C18H23N3O4. The van der Waals surface area contributed by atoms with Crippen LogP contribution in [0.1, 0.15) is 23.7 Å². The van der Waals surface area contributed by atoms with Crippen LogP contribution in [0.2, 0.25) is 0 Å². The average molecular weight is 345 g/mol. The van der Waals surface area contributed by atoms with Crippen molar-refractivity contribution < 1.29 is 19.2 Å². The SMILES string of the molecule is CC[C@H](CO)NC(=O)c1c(N2CCOCC2)noc1-c1ccccc1. The number of nitrogens with one attached hydrogen (secondary N) is 1. The number of carbonyl (C=O) groups is 1. The number of aliphatic hydroxyl groups is 1. The van der Waals surface area contributed by atoms with Gasteiger partial charge in [-0.25, -0.2) is 0 Å². The fraction of sp³-hybridized carbons (Fsp3) is 0.444. The smallest absolute Gasteiger partial charge is 0.259 e. The largest absolute Gasteiger partial charge is 0.394 e. The summed E-state index contributed by atoms with van der Waals surface area (Å²) in [6, 6.07) is 9.13. The number of morpholine rings is 1. The molecule has 0 unspecified atom stereocenters. The lowest BCUT2D eigenvalue weighted by Gasteiger charge is -2.27. The van der Waals surface area contributed by atoms with Gasteiger partial charge in [0.05, 0.1) is 25.9 Å². The number of amides is 1. The molecule has 7 nitrogen and oxygen atoms in total. The lowest BCUT2D eigenvalue weighted by molar-refractivity contribution is 0.0914. The predicted octanol–water partition coefficient (Wildman–Crippen LogP) is 1.68. The van der Waals surface area contributed by atoms with Gasteiger partial charge < -0.3 is 24.6 Å². The van der Waals surface area contributed by atoms with E-state index in [4.69, 9.17) is 9.26 Å². The van der Waals surface area contributed by atoms with Crippen LogP contribution in [0.25, 0.3) is 11.3 Å². The van der Waals surface area contributed by atoms with Gasteiger partial charge in [-0.2, -0.15) is 0 Å². The van der Waals surface area contributed by atoms with Gasteiger partial charge in [0.2, 0.25) is 0 Å². The monoisotopic (exact) mass is 345 g/mol. The summed E-state index contributed by atoms with van der Waals surface area (Å²) in [5.74, 6) is 0.669. The van der Waals surface area contributed by atoms with Crippen molar-refractivity contribution in [1.29, 1.82) is 0 Å². The van der Waals surface area contributed by atoms with Crippen molar-refractivity contribution in [3.05, 3.63) is 35.9 Å². The summed E-state index contributed by atoms with van der Waals surface area (Å²) >= 11 is 0. The number of aliphatic hydroxyl groups excluding tert-OH is 1. The maximum atomic E-state index is 12.9. The zero-order valence-electron chi connectivity index (χ0n) is 14.3. The van der Waals surface area contributed by atoms with E-state index in [1.807, 2.05) is 42.2 Å². The molecule has 1 aliphatic heterocycles. The molecule has 2 heterocycles. The number of rotatable bonds is 6. The first-order valence-electron chi connectivity index (χ1n) is 8.54. The Labute approximate surface area is 146 Å². The summed E-state index contributed by atoms with van der Waals surface area (Å²) < 4.78 is 10.9. The van der Waals surface area contributed by atoms with Gasteiger partial charge in [-0.3, -0.25) is 4.79 Å². The van der Waals surface area contributed by atoms with Gasteiger partial charge in [0, 0.05) is 18.7 Å². The highest BCUT2D eigenvalue weighted by Crippen LogP contribution is 2.31. The van der Waals surface area contributed by atoms with Crippen molar-refractivity contribution in [2.45, 2.75) is 19.4 Å². The third kappa shape index (κ3) is 3.83. The number of anilines is 1. The molecule has 25 heavy (non-hydrogen) atoms. The van der Waals surface area contributed by atoms with Gasteiger partial charge in [-0.1, -0.05) is 42.4 Å². The Morgan fingerprint density at radius 1 is 1.32 bits per heavy atom. The van der Waals surface area contributed by atoms with E-state index in [-0.39, 0.29) is 18.6 Å². The summed E-state index contributed by atoms with van der Waals surface area (Å²) in [6.45, 7) is 4.28. The third-order valence-corrected chi connectivity index (χ3v) is 4.30. The zero-order valence-corrected chi connectivity index (χ0v) is 14.3. The highest BCUT2D eigenvalue weighted by Gasteiger charge is 2.29. The van der Waals surface area contributed by atoms with Crippen molar-refractivity contribution in [3.63, 3.8) is 0 Å². The first-order valence-corrected chi connectivity index (χ1v) is 8.54. The van der Waals surface area contributed by atoms with Crippen molar-refractivity contribution in [2.24, 2.45) is 0 Å². The Morgan fingerprint density at radius 3 is 2.68 bits per heavy atom. The van der Waals surface area contributed by atoms with E-state index < -0.39 is 0 Å². The summed E-state index contributed by atoms with van der Waals surface area (Å²) in [6.07, 6.45) is 0.640. The van der Waals surface area contributed by atoms with Crippen LogP contribution < -0.4 is 10.2 Å². The summed E-state index contributed by atoms with van der Waals surface area (Å²) in [4.78, 5) is 14.9. The Balaban J connectivity index is 1.98. The first-order chi connectivity index (χ1) is 12.2. The molecule has 3 rings (SSSR count). The van der Waals surface area contributed by atoms with Gasteiger partial charge in [-0.05, 0) is 6.42 Å². The highest BCUT2D eigenvalue weighted by molar-refractivity contribution is 6.04. The van der Waals surface area contributed by atoms with Crippen LogP contribution in [-0.2, 0) is 4.74 Å². The second-order valence-electron chi connectivity index (χ2n) is 5.94. The van der Waals surface area contributed by atoms with Gasteiger partial charge in [0.25, 0.3) is 5.91 Å². The summed E-state index contributed by atoms with van der Waals surface area (Å²) in [5.41, 5.74) is 1.19. The Bertz CT molecular complexity index is 692. The van der Waals surface area contributed by atoms with Gasteiger partial charge >= 0.3 is 0 Å². The highest BCUT2D eigenvalue weighted by atomic mass is 16.5. The summed E-state index contributed by atoms with van der Waals surface area (Å²) in [7, 11) is 0. The molecule has 0 radical (unpaired) electrons. The van der Waals surface area contributed by atoms with E-state index >= 15 is 0 Å². The van der Waals surface area contributed by atoms with Gasteiger partial charge in [0.15, 0.2) is 11.6 Å². The fourth-order valence-corrected chi connectivity index (χ4v) is 2.80. The molecule has 0 bridgehead atoms. The standard InChI is InChI=1S/C18H23N3O4/c1-2-14(12-22)19-18(23)15-16(13-6-4-3-5-7-13)25-20-17(15)21-8-10-24-11-9-21/h3-7,14,22H,2,8-12H2,1H3,(H,19,23)/t14-/m1/s1. The van der Waals surface area contributed by atoms with Crippen LogP contribution in [-0.4, -0.2) is 55.1 Å². The summed E-state index contributed by atoms with van der Waals surface area (Å²) in [5, 5.41) is 16.4. The number of aromatic nitrogens is 1. The van der Waals surface area contributed by atoms with Crippen LogP contribution >= 0.6 is 0 Å². The molecule has 1 atom stereocenters. The molecule has 1 saturated heterocycles. The van der Waals surface area contributed by atoms with E-state index in [0.717, 1.165) is 5.56 Å². The fourth-order valence-electron chi connectivity index (χ4n) is 2.80. The molecule has 1 amide bonds. The van der Waals surface area contributed by atoms with Crippen LogP contribution in [0.4, 0.5) is 5.82 Å². The molecule has 2 N–H and O–H groups in total. The van der Waals surface area contributed by atoms with E-state index in [1.165, 1.54) is 0 Å². The molecule has 1 fully saturated rings. The number of benzene rings is 1. The van der Waals surface area contributed by atoms with E-state index in [0.29, 0.717) is 49.9 Å². The second kappa shape index (κ2) is 8.13.